The maximum absolute atomic E-state index is 11.5. The predicted octanol–water partition coefficient (Wildman–Crippen LogP) is 2.04. The summed E-state index contributed by atoms with van der Waals surface area (Å²) in [6, 6.07) is 5.07. The number of anilines is 2. The van der Waals surface area contributed by atoms with E-state index in [9.17, 15) is 4.79 Å². The summed E-state index contributed by atoms with van der Waals surface area (Å²) >= 11 is 0. The number of benzene rings is 1. The third-order valence-electron chi connectivity index (χ3n) is 3.77. The van der Waals surface area contributed by atoms with Crippen LogP contribution in [0.4, 0.5) is 11.4 Å². The first-order valence-electron chi connectivity index (χ1n) is 6.37. The zero-order chi connectivity index (χ0) is 13.9. The molecule has 0 aliphatic heterocycles. The van der Waals surface area contributed by atoms with Gasteiger partial charge in [-0.3, -0.25) is 0 Å². The van der Waals surface area contributed by atoms with Crippen LogP contribution >= 0.6 is 0 Å². The molecule has 0 radical (unpaired) electrons. The molecule has 19 heavy (non-hydrogen) atoms. The number of nitrogens with one attached hydrogen (secondary N) is 1. The average Bonchev–Trinajstić information content (AvgIpc) is 2.39. The number of esters is 1. The molecule has 0 amide bonds. The second kappa shape index (κ2) is 5.48. The summed E-state index contributed by atoms with van der Waals surface area (Å²) < 4.78 is 10.2. The molecule has 1 aromatic carbocycles. The highest BCUT2D eigenvalue weighted by molar-refractivity contribution is 5.91. The second-order valence-corrected chi connectivity index (χ2v) is 4.89. The van der Waals surface area contributed by atoms with Crippen molar-refractivity contribution in [2.75, 3.05) is 31.8 Å². The number of nitrogens with two attached hydrogens (primary N) is 1. The van der Waals surface area contributed by atoms with E-state index in [1.807, 2.05) is 0 Å². The van der Waals surface area contributed by atoms with E-state index >= 15 is 0 Å². The lowest BCUT2D eigenvalue weighted by Crippen LogP contribution is -2.45. The monoisotopic (exact) mass is 264 g/mol. The summed E-state index contributed by atoms with van der Waals surface area (Å²) in [7, 11) is 3.09. The Balaban J connectivity index is 2.08. The molecule has 5 heteroatoms. The summed E-state index contributed by atoms with van der Waals surface area (Å²) in [6.45, 7) is 0.693. The first-order valence-corrected chi connectivity index (χ1v) is 6.37. The Morgan fingerprint density at radius 2 is 2.16 bits per heavy atom. The largest absolute Gasteiger partial charge is 0.465 e. The van der Waals surface area contributed by atoms with E-state index in [4.69, 9.17) is 15.2 Å². The average molecular weight is 264 g/mol. The highest BCUT2D eigenvalue weighted by Gasteiger charge is 2.36. The Kier molecular flexibility index (Phi) is 3.95. The van der Waals surface area contributed by atoms with Gasteiger partial charge < -0.3 is 20.5 Å². The zero-order valence-electron chi connectivity index (χ0n) is 11.4. The molecule has 5 nitrogen and oxygen atoms in total. The fourth-order valence-corrected chi connectivity index (χ4v) is 2.23. The highest BCUT2D eigenvalue weighted by atomic mass is 16.5. The summed E-state index contributed by atoms with van der Waals surface area (Å²) in [6.07, 6.45) is 3.29. The Labute approximate surface area is 113 Å². The van der Waals surface area contributed by atoms with Crippen LogP contribution in [0.3, 0.4) is 0 Å². The number of methoxy groups -OCH3 is 2. The maximum atomic E-state index is 11.5. The molecule has 0 heterocycles. The number of hydrogen-bond donors (Lipinski definition) is 2. The number of carbonyl (C=O) groups is 1. The molecule has 1 saturated carbocycles. The standard InChI is InChI=1S/C14H20N2O3/c1-18-13(17)10-4-5-11(15)12(8-10)16-9-14(19-2)6-3-7-14/h4-5,8,16H,3,6-7,9,15H2,1-2H3. The highest BCUT2D eigenvalue weighted by Crippen LogP contribution is 2.35. The van der Waals surface area contributed by atoms with Gasteiger partial charge in [-0.2, -0.15) is 0 Å². The van der Waals surface area contributed by atoms with E-state index in [2.05, 4.69) is 5.32 Å². The topological polar surface area (TPSA) is 73.6 Å². The van der Waals surface area contributed by atoms with Crippen molar-refractivity contribution in [2.24, 2.45) is 0 Å². The minimum absolute atomic E-state index is 0.0896. The molecule has 3 N–H and O–H groups in total. The van der Waals surface area contributed by atoms with E-state index in [1.54, 1.807) is 25.3 Å². The third-order valence-corrected chi connectivity index (χ3v) is 3.77. The van der Waals surface area contributed by atoms with Gasteiger partial charge in [0.1, 0.15) is 0 Å². The van der Waals surface area contributed by atoms with E-state index in [0.29, 0.717) is 17.8 Å². The van der Waals surface area contributed by atoms with Crippen molar-refractivity contribution in [1.82, 2.24) is 0 Å². The lowest BCUT2D eigenvalue weighted by molar-refractivity contribution is -0.0601. The fraction of sp³-hybridized carbons (Fsp3) is 0.500. The second-order valence-electron chi connectivity index (χ2n) is 4.89. The summed E-state index contributed by atoms with van der Waals surface area (Å²) in [5, 5.41) is 3.27. The van der Waals surface area contributed by atoms with Crippen LogP contribution in [0, 0.1) is 0 Å². The smallest absolute Gasteiger partial charge is 0.337 e. The van der Waals surface area contributed by atoms with E-state index in [1.165, 1.54) is 13.5 Å². The van der Waals surface area contributed by atoms with Gasteiger partial charge >= 0.3 is 5.97 Å². The van der Waals surface area contributed by atoms with Crippen LogP contribution in [0.1, 0.15) is 29.6 Å². The summed E-state index contributed by atoms with van der Waals surface area (Å²) in [5.74, 6) is -0.367. The molecule has 1 aliphatic carbocycles. The molecule has 0 atom stereocenters. The quantitative estimate of drug-likeness (QED) is 0.629. The Morgan fingerprint density at radius 1 is 1.42 bits per heavy atom. The van der Waals surface area contributed by atoms with Gasteiger partial charge in [0, 0.05) is 13.7 Å². The van der Waals surface area contributed by atoms with Crippen molar-refractivity contribution >= 4 is 17.3 Å². The van der Waals surface area contributed by atoms with E-state index in [0.717, 1.165) is 18.5 Å². The lowest BCUT2D eigenvalue weighted by Gasteiger charge is -2.40. The molecular formula is C14H20N2O3. The van der Waals surface area contributed by atoms with Crippen LogP contribution in [-0.4, -0.2) is 32.3 Å². The fourth-order valence-electron chi connectivity index (χ4n) is 2.23. The lowest BCUT2D eigenvalue weighted by atomic mass is 9.80. The number of nitrogen functional groups attached to an aromatic ring is 1. The first-order chi connectivity index (χ1) is 9.10. The van der Waals surface area contributed by atoms with Crippen LogP contribution in [-0.2, 0) is 9.47 Å². The van der Waals surface area contributed by atoms with Crippen molar-refractivity contribution in [3.8, 4) is 0 Å². The molecule has 0 spiro atoms. The van der Waals surface area contributed by atoms with Crippen LogP contribution in [0.15, 0.2) is 18.2 Å². The number of hydrogen-bond acceptors (Lipinski definition) is 5. The Bertz CT molecular complexity index is 464. The van der Waals surface area contributed by atoms with Crippen molar-refractivity contribution in [3.05, 3.63) is 23.8 Å². The van der Waals surface area contributed by atoms with Crippen LogP contribution in [0.2, 0.25) is 0 Å². The van der Waals surface area contributed by atoms with Crippen molar-refractivity contribution < 1.29 is 14.3 Å². The normalized spacial score (nSPS) is 16.5. The SMILES string of the molecule is COC(=O)c1ccc(N)c(NCC2(OC)CCC2)c1. The molecule has 1 aliphatic rings. The molecule has 0 unspecified atom stereocenters. The van der Waals surface area contributed by atoms with Gasteiger partial charge in [0.15, 0.2) is 0 Å². The molecule has 1 fully saturated rings. The van der Waals surface area contributed by atoms with Gasteiger partial charge in [-0.1, -0.05) is 0 Å². The number of rotatable bonds is 5. The van der Waals surface area contributed by atoms with Crippen LogP contribution in [0.25, 0.3) is 0 Å². The van der Waals surface area contributed by atoms with Crippen LogP contribution in [0.5, 0.6) is 0 Å². The van der Waals surface area contributed by atoms with Gasteiger partial charge in [-0.05, 0) is 37.5 Å². The van der Waals surface area contributed by atoms with E-state index < -0.39 is 0 Å². The predicted molar refractivity (Wildman–Crippen MR) is 74.3 cm³/mol. The van der Waals surface area contributed by atoms with Crippen molar-refractivity contribution in [1.29, 1.82) is 0 Å². The van der Waals surface area contributed by atoms with Gasteiger partial charge in [-0.25, -0.2) is 4.79 Å². The summed E-state index contributed by atoms with van der Waals surface area (Å²) in [5.41, 5.74) is 7.65. The van der Waals surface area contributed by atoms with Crippen LogP contribution < -0.4 is 11.1 Å². The van der Waals surface area contributed by atoms with Gasteiger partial charge in [0.25, 0.3) is 0 Å². The zero-order valence-corrected chi connectivity index (χ0v) is 11.4. The molecule has 1 aromatic rings. The first kappa shape index (κ1) is 13.7. The molecule has 104 valence electrons. The number of carbonyl (C=O) groups excluding carboxylic acids is 1. The van der Waals surface area contributed by atoms with Gasteiger partial charge in [0.05, 0.1) is 29.6 Å². The Hall–Kier alpha value is -1.75. The minimum Gasteiger partial charge on any atom is -0.465 e. The minimum atomic E-state index is -0.367. The molecule has 0 aromatic heterocycles. The Morgan fingerprint density at radius 3 is 2.68 bits per heavy atom. The van der Waals surface area contributed by atoms with E-state index in [-0.39, 0.29) is 11.6 Å². The molecule has 2 rings (SSSR count). The third kappa shape index (κ3) is 2.81. The van der Waals surface area contributed by atoms with Crippen molar-refractivity contribution in [3.63, 3.8) is 0 Å². The number of ether oxygens (including phenoxy) is 2. The summed E-state index contributed by atoms with van der Waals surface area (Å²) in [4.78, 5) is 11.5. The molecule has 0 bridgehead atoms. The maximum Gasteiger partial charge on any atom is 0.337 e. The van der Waals surface area contributed by atoms with Crippen molar-refractivity contribution in [2.45, 2.75) is 24.9 Å². The van der Waals surface area contributed by atoms with Gasteiger partial charge in [-0.15, -0.1) is 0 Å². The molecule has 0 saturated heterocycles. The molecular weight excluding hydrogens is 244 g/mol. The van der Waals surface area contributed by atoms with Gasteiger partial charge in [0.2, 0.25) is 0 Å².